The van der Waals surface area contributed by atoms with Crippen LogP contribution in [0.15, 0.2) is 59.8 Å². The molecule has 0 radical (unpaired) electrons. The average molecular weight is 473 g/mol. The minimum Gasteiger partial charge on any atom is -0.463 e. The highest BCUT2D eigenvalue weighted by Gasteiger charge is 2.35. The summed E-state index contributed by atoms with van der Waals surface area (Å²) in [5.74, 6) is -0.749. The highest BCUT2D eigenvalue weighted by atomic mass is 35.5. The normalized spacial score (nSPS) is 19.2. The van der Waals surface area contributed by atoms with Gasteiger partial charge in [-0.05, 0) is 30.7 Å². The van der Waals surface area contributed by atoms with Gasteiger partial charge in [0.15, 0.2) is 0 Å². The second kappa shape index (κ2) is 10.2. The van der Waals surface area contributed by atoms with Gasteiger partial charge in [-0.3, -0.25) is 4.90 Å². The van der Waals surface area contributed by atoms with Crippen molar-refractivity contribution in [1.29, 1.82) is 0 Å². The summed E-state index contributed by atoms with van der Waals surface area (Å²) in [6, 6.07) is 12.7. The minimum absolute atomic E-state index is 0.208. The van der Waals surface area contributed by atoms with Crippen LogP contribution in [0.2, 0.25) is 5.02 Å². The van der Waals surface area contributed by atoms with Crippen LogP contribution < -0.4 is 15.5 Å². The number of halogens is 2. The fourth-order valence-electron chi connectivity index (χ4n) is 4.21. The van der Waals surface area contributed by atoms with Crippen LogP contribution in [0.5, 0.6) is 0 Å². The molecular weight excluding hydrogens is 447 g/mol. The first-order valence-corrected chi connectivity index (χ1v) is 11.3. The Hall–Kier alpha value is -3.10. The van der Waals surface area contributed by atoms with Gasteiger partial charge in [-0.2, -0.15) is 0 Å². The molecule has 4 rings (SSSR count). The van der Waals surface area contributed by atoms with E-state index in [2.05, 4.69) is 15.5 Å². The van der Waals surface area contributed by atoms with Crippen molar-refractivity contribution in [2.45, 2.75) is 13.0 Å². The van der Waals surface area contributed by atoms with Gasteiger partial charge in [0.25, 0.3) is 0 Å². The zero-order valence-corrected chi connectivity index (χ0v) is 19.1. The van der Waals surface area contributed by atoms with E-state index in [4.69, 9.17) is 16.3 Å². The third-order valence-corrected chi connectivity index (χ3v) is 6.16. The Morgan fingerprint density at radius 3 is 2.52 bits per heavy atom. The molecule has 33 heavy (non-hydrogen) atoms. The van der Waals surface area contributed by atoms with Gasteiger partial charge in [-0.1, -0.05) is 41.9 Å². The number of esters is 1. The van der Waals surface area contributed by atoms with E-state index in [-0.39, 0.29) is 12.4 Å². The molecule has 2 aromatic rings. The summed E-state index contributed by atoms with van der Waals surface area (Å²) in [6.07, 6.45) is 0. The predicted molar refractivity (Wildman–Crippen MR) is 125 cm³/mol. The van der Waals surface area contributed by atoms with Crippen molar-refractivity contribution in [3.05, 3.63) is 76.2 Å². The molecular formula is C24H26ClFN4O3. The lowest BCUT2D eigenvalue weighted by Gasteiger charge is -2.38. The molecule has 1 fully saturated rings. The lowest BCUT2D eigenvalue weighted by molar-refractivity contribution is -0.139. The van der Waals surface area contributed by atoms with Crippen LogP contribution in [0.3, 0.4) is 0 Å². The Kier molecular flexibility index (Phi) is 7.15. The topological polar surface area (TPSA) is 73.9 Å². The fraction of sp³-hybridized carbons (Fsp3) is 0.333. The van der Waals surface area contributed by atoms with Gasteiger partial charge in [0, 0.05) is 43.4 Å². The minimum atomic E-state index is -0.721. The molecule has 0 unspecified atom stereocenters. The lowest BCUT2D eigenvalue weighted by Crippen LogP contribution is -2.52. The van der Waals surface area contributed by atoms with Crippen LogP contribution in [0.1, 0.15) is 18.5 Å². The first-order valence-electron chi connectivity index (χ1n) is 10.9. The van der Waals surface area contributed by atoms with Crippen molar-refractivity contribution < 1.29 is 18.7 Å². The number of ether oxygens (including phenoxy) is 1. The Labute approximate surface area is 197 Å². The monoisotopic (exact) mass is 472 g/mol. The third kappa shape index (κ3) is 5.12. The number of piperazine rings is 1. The molecule has 174 valence electrons. The van der Waals surface area contributed by atoms with Gasteiger partial charge in [0.05, 0.1) is 23.9 Å². The Morgan fingerprint density at radius 1 is 1.12 bits per heavy atom. The molecule has 2 aliphatic heterocycles. The standard InChI is InChI=1S/C24H26ClFN4O3/c1-2-33-23(31)21-19(27-24(32)28-22(21)16-7-3-4-8-17(16)25)15-29-11-13-30(14-12-29)20-10-6-5-9-18(20)26/h3-10,22H,2,11-15H2,1H3,(H2,27,28,32)/t22-/m0/s1. The average Bonchev–Trinajstić information content (AvgIpc) is 2.80. The number of benzene rings is 2. The van der Waals surface area contributed by atoms with E-state index in [0.29, 0.717) is 60.3 Å². The van der Waals surface area contributed by atoms with Gasteiger partial charge in [0.2, 0.25) is 0 Å². The van der Waals surface area contributed by atoms with Gasteiger partial charge in [0.1, 0.15) is 5.82 Å². The van der Waals surface area contributed by atoms with Gasteiger partial charge in [-0.15, -0.1) is 0 Å². The van der Waals surface area contributed by atoms with Gasteiger partial charge >= 0.3 is 12.0 Å². The van der Waals surface area contributed by atoms with E-state index in [1.807, 2.05) is 11.0 Å². The van der Waals surface area contributed by atoms with Crippen LogP contribution >= 0.6 is 11.6 Å². The maximum Gasteiger partial charge on any atom is 0.338 e. The summed E-state index contributed by atoms with van der Waals surface area (Å²) in [6.45, 7) is 4.85. The second-order valence-electron chi connectivity index (χ2n) is 7.88. The largest absolute Gasteiger partial charge is 0.463 e. The Balaban J connectivity index is 1.57. The number of anilines is 1. The highest BCUT2D eigenvalue weighted by molar-refractivity contribution is 6.31. The summed E-state index contributed by atoms with van der Waals surface area (Å²) in [5, 5.41) is 6.05. The molecule has 0 aliphatic carbocycles. The van der Waals surface area contributed by atoms with Crippen LogP contribution in [0.25, 0.3) is 0 Å². The van der Waals surface area contributed by atoms with Crippen LogP contribution in [-0.4, -0.2) is 56.2 Å². The number of para-hydroxylation sites is 1. The number of carbonyl (C=O) groups is 2. The van der Waals surface area contributed by atoms with Gasteiger partial charge < -0.3 is 20.3 Å². The summed E-state index contributed by atoms with van der Waals surface area (Å²) in [5.41, 5.74) is 2.03. The van der Waals surface area contributed by atoms with Crippen LogP contribution in [0, 0.1) is 5.82 Å². The first-order chi connectivity index (χ1) is 16.0. The molecule has 0 spiro atoms. The number of nitrogens with zero attached hydrogens (tertiary/aromatic N) is 2. The Bertz CT molecular complexity index is 1070. The summed E-state index contributed by atoms with van der Waals surface area (Å²) >= 11 is 6.39. The number of nitrogens with one attached hydrogen (secondary N) is 2. The maximum atomic E-state index is 14.2. The van der Waals surface area contributed by atoms with Gasteiger partial charge in [-0.25, -0.2) is 14.0 Å². The van der Waals surface area contributed by atoms with Crippen molar-refractivity contribution in [3.63, 3.8) is 0 Å². The fourth-order valence-corrected chi connectivity index (χ4v) is 4.46. The van der Waals surface area contributed by atoms with E-state index >= 15 is 0 Å². The second-order valence-corrected chi connectivity index (χ2v) is 8.29. The van der Waals surface area contributed by atoms with Crippen molar-refractivity contribution in [1.82, 2.24) is 15.5 Å². The smallest absolute Gasteiger partial charge is 0.338 e. The first kappa shape index (κ1) is 23.1. The quantitative estimate of drug-likeness (QED) is 0.630. The lowest BCUT2D eigenvalue weighted by atomic mass is 9.94. The summed E-state index contributed by atoms with van der Waals surface area (Å²) in [7, 11) is 0. The molecule has 1 atom stereocenters. The molecule has 1 saturated heterocycles. The number of urea groups is 1. The molecule has 0 aromatic heterocycles. The molecule has 9 heteroatoms. The number of amides is 2. The van der Waals surface area contributed by atoms with E-state index in [9.17, 15) is 14.0 Å². The molecule has 0 saturated carbocycles. The van der Waals surface area contributed by atoms with E-state index in [1.54, 1.807) is 43.3 Å². The number of carbonyl (C=O) groups excluding carboxylic acids is 2. The van der Waals surface area contributed by atoms with E-state index in [1.165, 1.54) is 6.07 Å². The maximum absolute atomic E-state index is 14.2. The molecule has 2 heterocycles. The Morgan fingerprint density at radius 2 is 1.82 bits per heavy atom. The molecule has 7 nitrogen and oxygen atoms in total. The summed E-state index contributed by atoms with van der Waals surface area (Å²) in [4.78, 5) is 29.6. The van der Waals surface area contributed by atoms with Crippen LogP contribution in [0.4, 0.5) is 14.9 Å². The van der Waals surface area contributed by atoms with Crippen molar-refractivity contribution in [3.8, 4) is 0 Å². The number of rotatable bonds is 6. The third-order valence-electron chi connectivity index (χ3n) is 5.81. The molecule has 2 amide bonds. The predicted octanol–water partition coefficient (Wildman–Crippen LogP) is 3.47. The molecule has 2 aromatic carbocycles. The number of hydrogen-bond acceptors (Lipinski definition) is 5. The molecule has 2 aliphatic rings. The van der Waals surface area contributed by atoms with E-state index < -0.39 is 18.0 Å². The van der Waals surface area contributed by atoms with Crippen molar-refractivity contribution in [2.24, 2.45) is 0 Å². The van der Waals surface area contributed by atoms with E-state index in [0.717, 1.165) is 0 Å². The molecule has 0 bridgehead atoms. The SMILES string of the molecule is CCOC(=O)C1=C(CN2CCN(c3ccccc3F)CC2)NC(=O)N[C@H]1c1ccccc1Cl. The summed E-state index contributed by atoms with van der Waals surface area (Å²) < 4.78 is 19.5. The highest BCUT2D eigenvalue weighted by Crippen LogP contribution is 2.32. The molecule has 2 N–H and O–H groups in total. The van der Waals surface area contributed by atoms with Crippen molar-refractivity contribution in [2.75, 3.05) is 44.2 Å². The van der Waals surface area contributed by atoms with Crippen LogP contribution in [-0.2, 0) is 9.53 Å². The zero-order chi connectivity index (χ0) is 23.4. The van der Waals surface area contributed by atoms with Crippen molar-refractivity contribution >= 4 is 29.3 Å². The number of hydrogen-bond donors (Lipinski definition) is 2. The zero-order valence-electron chi connectivity index (χ0n) is 18.3.